The topological polar surface area (TPSA) is 12.0 Å². The van der Waals surface area contributed by atoms with Gasteiger partial charge in [-0.15, -0.1) is 0 Å². The Hall–Kier alpha value is -2.90. The van der Waals surface area contributed by atoms with E-state index in [9.17, 15) is 0 Å². The fourth-order valence-electron chi connectivity index (χ4n) is 3.84. The third-order valence-corrected chi connectivity index (χ3v) is 5.40. The highest BCUT2D eigenvalue weighted by molar-refractivity contribution is 5.97. The molecule has 0 aliphatic carbocycles. The van der Waals surface area contributed by atoms with Gasteiger partial charge >= 0.3 is 0 Å². The lowest BCUT2D eigenvalue weighted by Crippen LogP contribution is -2.20. The highest BCUT2D eigenvalue weighted by atomic mass is 14.9. The van der Waals surface area contributed by atoms with Crippen molar-refractivity contribution in [3.05, 3.63) is 108 Å². The summed E-state index contributed by atoms with van der Waals surface area (Å²) in [6.45, 7) is 11.3. The van der Waals surface area contributed by atoms with Gasteiger partial charge in [-0.1, -0.05) is 125 Å². The van der Waals surface area contributed by atoms with Crippen LogP contribution in [0, 0.1) is 0 Å². The molecule has 0 heterocycles. The molecule has 0 aromatic heterocycles. The second kappa shape index (κ2) is 14.2. The zero-order chi connectivity index (χ0) is 23.2. The van der Waals surface area contributed by atoms with Crippen LogP contribution in [0.15, 0.2) is 97.1 Å². The van der Waals surface area contributed by atoms with Crippen LogP contribution in [-0.4, -0.2) is 6.54 Å². The van der Waals surface area contributed by atoms with Gasteiger partial charge in [-0.05, 0) is 59.3 Å². The fraction of sp³-hybridized carbons (Fsp3) is 0.290. The highest BCUT2D eigenvalue weighted by Crippen LogP contribution is 2.30. The van der Waals surface area contributed by atoms with Crippen LogP contribution in [-0.2, 0) is 6.42 Å². The minimum absolute atomic E-state index is 0.387. The van der Waals surface area contributed by atoms with Gasteiger partial charge in [0.25, 0.3) is 0 Å². The van der Waals surface area contributed by atoms with E-state index in [2.05, 4.69) is 109 Å². The van der Waals surface area contributed by atoms with Crippen molar-refractivity contribution in [1.29, 1.82) is 0 Å². The molecular weight excluding hydrogens is 386 g/mol. The predicted molar refractivity (Wildman–Crippen MR) is 143 cm³/mol. The largest absolute Gasteiger partial charge is 0.310 e. The molecule has 0 bridgehead atoms. The Labute approximate surface area is 195 Å². The van der Waals surface area contributed by atoms with Crippen LogP contribution in [0.5, 0.6) is 0 Å². The summed E-state index contributed by atoms with van der Waals surface area (Å²) in [5.41, 5.74) is 5.38. The maximum Gasteiger partial charge on any atom is 0.0291 e. The van der Waals surface area contributed by atoms with Crippen molar-refractivity contribution in [2.45, 2.75) is 53.5 Å². The Balaban J connectivity index is 0.000000860. The summed E-state index contributed by atoms with van der Waals surface area (Å²) in [5, 5.41) is 6.30. The zero-order valence-electron chi connectivity index (χ0n) is 20.4. The van der Waals surface area contributed by atoms with E-state index in [-0.39, 0.29) is 0 Å². The van der Waals surface area contributed by atoms with Crippen LogP contribution in [0.4, 0.5) is 0 Å². The van der Waals surface area contributed by atoms with Gasteiger partial charge in [0, 0.05) is 6.04 Å². The van der Waals surface area contributed by atoms with E-state index in [4.69, 9.17) is 0 Å². The third kappa shape index (κ3) is 7.07. The van der Waals surface area contributed by atoms with Crippen molar-refractivity contribution in [3.63, 3.8) is 0 Å². The van der Waals surface area contributed by atoms with E-state index in [1.54, 1.807) is 0 Å². The number of hydrogen-bond acceptors (Lipinski definition) is 1. The molecule has 0 amide bonds. The van der Waals surface area contributed by atoms with E-state index in [0.29, 0.717) is 6.04 Å². The zero-order valence-corrected chi connectivity index (χ0v) is 20.4. The molecule has 4 rings (SSSR count). The van der Waals surface area contributed by atoms with Gasteiger partial charge < -0.3 is 5.32 Å². The van der Waals surface area contributed by atoms with E-state index in [1.807, 2.05) is 27.7 Å². The van der Waals surface area contributed by atoms with Gasteiger partial charge in [0.15, 0.2) is 0 Å². The van der Waals surface area contributed by atoms with Gasteiger partial charge in [0.05, 0.1) is 0 Å². The van der Waals surface area contributed by atoms with Crippen molar-refractivity contribution in [3.8, 4) is 11.1 Å². The Bertz CT molecular complexity index is 1020. The lowest BCUT2D eigenvalue weighted by molar-refractivity contribution is 0.558. The monoisotopic (exact) mass is 425 g/mol. The molecule has 0 saturated heterocycles. The maximum atomic E-state index is 3.65. The number of rotatable bonds is 7. The summed E-state index contributed by atoms with van der Waals surface area (Å²) in [6.07, 6.45) is 2.21. The van der Waals surface area contributed by atoms with Crippen LogP contribution in [0.25, 0.3) is 21.9 Å². The molecule has 0 fully saturated rings. The highest BCUT2D eigenvalue weighted by Gasteiger charge is 2.07. The summed E-state index contributed by atoms with van der Waals surface area (Å²) < 4.78 is 0. The fourth-order valence-corrected chi connectivity index (χ4v) is 3.84. The van der Waals surface area contributed by atoms with Crippen molar-refractivity contribution in [2.24, 2.45) is 0 Å². The quantitative estimate of drug-likeness (QED) is 0.292. The third-order valence-electron chi connectivity index (χ3n) is 5.40. The van der Waals surface area contributed by atoms with Gasteiger partial charge in [-0.3, -0.25) is 0 Å². The average molecular weight is 426 g/mol. The van der Waals surface area contributed by atoms with Crippen LogP contribution < -0.4 is 5.32 Å². The number of fused-ring (bicyclic) bond motifs is 1. The normalized spacial score (nSPS) is 11.0. The van der Waals surface area contributed by atoms with Crippen LogP contribution in [0.1, 0.15) is 58.2 Å². The molecule has 4 aromatic rings. The first-order chi connectivity index (χ1) is 15.8. The molecule has 1 nitrogen and oxygen atoms in total. The molecule has 4 aromatic carbocycles. The molecule has 1 atom stereocenters. The van der Waals surface area contributed by atoms with Crippen LogP contribution in [0.3, 0.4) is 0 Å². The molecular formula is C31H39N. The summed E-state index contributed by atoms with van der Waals surface area (Å²) in [4.78, 5) is 0. The molecule has 1 heteroatoms. The Morgan fingerprint density at radius 3 is 1.97 bits per heavy atom. The standard InChI is InChI=1S/C27H27N.2C2H6/c1-21(23-12-4-2-5-13-23)28-18-10-11-22-19-25-16-8-9-17-26(25)27(20-22)24-14-6-3-7-15-24;2*1-2/h2-9,12-17,19-21,28H,10-11,18H2,1H3;2*1-2H3. The number of benzene rings is 4. The average Bonchev–Trinajstić information content (AvgIpc) is 2.89. The van der Waals surface area contributed by atoms with Gasteiger partial charge in [0.2, 0.25) is 0 Å². The van der Waals surface area contributed by atoms with Crippen LogP contribution >= 0.6 is 0 Å². The molecule has 1 unspecified atom stereocenters. The van der Waals surface area contributed by atoms with E-state index >= 15 is 0 Å². The SMILES string of the molecule is CC.CC.CC(NCCCc1cc(-c2ccccc2)c2ccccc2c1)c1ccccc1. The molecule has 32 heavy (non-hydrogen) atoms. The minimum Gasteiger partial charge on any atom is -0.310 e. The molecule has 0 aliphatic heterocycles. The number of nitrogens with one attached hydrogen (secondary N) is 1. The second-order valence-corrected chi connectivity index (χ2v) is 7.42. The maximum absolute atomic E-state index is 3.65. The van der Waals surface area contributed by atoms with Crippen molar-refractivity contribution in [1.82, 2.24) is 5.32 Å². The predicted octanol–water partition coefficient (Wildman–Crippen LogP) is 8.84. The molecule has 0 aliphatic rings. The Morgan fingerprint density at radius 1 is 0.688 bits per heavy atom. The van der Waals surface area contributed by atoms with Crippen molar-refractivity contribution >= 4 is 10.8 Å². The van der Waals surface area contributed by atoms with Gasteiger partial charge in [-0.25, -0.2) is 0 Å². The second-order valence-electron chi connectivity index (χ2n) is 7.42. The molecule has 0 spiro atoms. The molecule has 168 valence electrons. The van der Waals surface area contributed by atoms with Gasteiger partial charge in [0.1, 0.15) is 0 Å². The summed E-state index contributed by atoms with van der Waals surface area (Å²) in [6, 6.07) is 35.2. The number of hydrogen-bond donors (Lipinski definition) is 1. The van der Waals surface area contributed by atoms with E-state index in [1.165, 1.54) is 33.0 Å². The van der Waals surface area contributed by atoms with Gasteiger partial charge in [-0.2, -0.15) is 0 Å². The first kappa shape index (κ1) is 25.4. The molecule has 0 saturated carbocycles. The molecule has 1 N–H and O–H groups in total. The smallest absolute Gasteiger partial charge is 0.0291 e. The van der Waals surface area contributed by atoms with Crippen molar-refractivity contribution in [2.75, 3.05) is 6.54 Å². The molecule has 0 radical (unpaired) electrons. The number of aryl methyl sites for hydroxylation is 1. The van der Waals surface area contributed by atoms with E-state index in [0.717, 1.165) is 19.4 Å². The Morgan fingerprint density at radius 2 is 1.28 bits per heavy atom. The van der Waals surface area contributed by atoms with E-state index < -0.39 is 0 Å². The summed E-state index contributed by atoms with van der Waals surface area (Å²) >= 11 is 0. The van der Waals surface area contributed by atoms with Crippen molar-refractivity contribution < 1.29 is 0 Å². The summed E-state index contributed by atoms with van der Waals surface area (Å²) in [7, 11) is 0. The first-order valence-corrected chi connectivity index (χ1v) is 12.2. The first-order valence-electron chi connectivity index (χ1n) is 12.2. The lowest BCUT2D eigenvalue weighted by Gasteiger charge is -2.15. The minimum atomic E-state index is 0.387. The lowest BCUT2D eigenvalue weighted by atomic mass is 9.94. The van der Waals surface area contributed by atoms with Crippen LogP contribution in [0.2, 0.25) is 0 Å². The summed E-state index contributed by atoms with van der Waals surface area (Å²) in [5.74, 6) is 0. The Kier molecular flexibility index (Phi) is 11.3.